The Kier molecular flexibility index (Phi) is 3.11. The summed E-state index contributed by atoms with van der Waals surface area (Å²) in [6, 6.07) is 8.28. The number of rotatable bonds is 2. The molecule has 2 aromatic carbocycles. The van der Waals surface area contributed by atoms with Crippen LogP contribution in [0.4, 0.5) is 5.69 Å². The summed E-state index contributed by atoms with van der Waals surface area (Å²) in [4.78, 5) is 14.5. The summed E-state index contributed by atoms with van der Waals surface area (Å²) in [7, 11) is 0. The van der Waals surface area contributed by atoms with E-state index >= 15 is 0 Å². The molecule has 0 atom stereocenters. The highest BCUT2D eigenvalue weighted by molar-refractivity contribution is 5.92. The van der Waals surface area contributed by atoms with Crippen LogP contribution in [0.25, 0.3) is 16.0 Å². The van der Waals surface area contributed by atoms with Crippen molar-refractivity contribution in [3.8, 4) is 16.9 Å². The highest BCUT2D eigenvalue weighted by Gasteiger charge is 2.18. The number of hydrogen-bond acceptors (Lipinski definition) is 2. The van der Waals surface area contributed by atoms with E-state index in [1.54, 1.807) is 6.07 Å². The largest absolute Gasteiger partial charge is 0.507 e. The molecule has 0 bridgehead atoms. The van der Waals surface area contributed by atoms with Gasteiger partial charge in [0.15, 0.2) is 5.69 Å². The SMILES string of the molecule is [C-]#[N+]c1cc2c(c(-c3ccc(C(=O)O)c(O)c3)c1)CCC2. The third kappa shape index (κ3) is 2.23. The van der Waals surface area contributed by atoms with Crippen molar-refractivity contribution in [3.05, 3.63) is 58.4 Å². The van der Waals surface area contributed by atoms with Crippen LogP contribution in [0.3, 0.4) is 0 Å². The fourth-order valence-electron chi connectivity index (χ4n) is 2.89. The summed E-state index contributed by atoms with van der Waals surface area (Å²) >= 11 is 0. The van der Waals surface area contributed by atoms with Gasteiger partial charge in [-0.2, -0.15) is 0 Å². The van der Waals surface area contributed by atoms with E-state index in [2.05, 4.69) is 4.85 Å². The number of fused-ring (bicyclic) bond motifs is 1. The van der Waals surface area contributed by atoms with Crippen LogP contribution in [-0.4, -0.2) is 16.2 Å². The highest BCUT2D eigenvalue weighted by Crippen LogP contribution is 2.37. The minimum atomic E-state index is -1.15. The second-order valence-electron chi connectivity index (χ2n) is 5.13. The Bertz CT molecular complexity index is 787. The van der Waals surface area contributed by atoms with Gasteiger partial charge in [0.05, 0.1) is 6.57 Å². The predicted octanol–water partition coefficient (Wildman–Crippen LogP) is 3.80. The molecule has 4 heteroatoms. The normalized spacial score (nSPS) is 12.7. The van der Waals surface area contributed by atoms with E-state index in [1.807, 2.05) is 12.1 Å². The topological polar surface area (TPSA) is 61.9 Å². The molecule has 0 aliphatic heterocycles. The van der Waals surface area contributed by atoms with Crippen LogP contribution in [0.15, 0.2) is 30.3 Å². The van der Waals surface area contributed by atoms with E-state index in [0.717, 1.165) is 30.4 Å². The molecule has 104 valence electrons. The smallest absolute Gasteiger partial charge is 0.339 e. The molecule has 21 heavy (non-hydrogen) atoms. The molecule has 4 nitrogen and oxygen atoms in total. The summed E-state index contributed by atoms with van der Waals surface area (Å²) in [6.45, 7) is 7.20. The first-order chi connectivity index (χ1) is 10.1. The van der Waals surface area contributed by atoms with Gasteiger partial charge in [-0.1, -0.05) is 17.7 Å². The Hall–Kier alpha value is -2.80. The molecule has 0 fully saturated rings. The first-order valence-corrected chi connectivity index (χ1v) is 6.70. The lowest BCUT2D eigenvalue weighted by Gasteiger charge is -2.11. The molecule has 0 unspecified atom stereocenters. The molecular weight excluding hydrogens is 266 g/mol. The fraction of sp³-hybridized carbons (Fsp3) is 0.176. The van der Waals surface area contributed by atoms with Crippen LogP contribution in [0.2, 0.25) is 0 Å². The average molecular weight is 279 g/mol. The maximum Gasteiger partial charge on any atom is 0.339 e. The molecule has 0 amide bonds. The molecule has 0 aromatic heterocycles. The van der Waals surface area contributed by atoms with Gasteiger partial charge in [-0.25, -0.2) is 9.64 Å². The Labute approximate surface area is 122 Å². The van der Waals surface area contributed by atoms with Gasteiger partial charge in [0.2, 0.25) is 0 Å². The molecule has 0 spiro atoms. The summed E-state index contributed by atoms with van der Waals surface area (Å²) < 4.78 is 0. The maximum atomic E-state index is 11.0. The summed E-state index contributed by atoms with van der Waals surface area (Å²) in [5.74, 6) is -1.40. The van der Waals surface area contributed by atoms with Gasteiger partial charge in [-0.05, 0) is 54.2 Å². The van der Waals surface area contributed by atoms with E-state index in [0.29, 0.717) is 5.69 Å². The molecule has 0 heterocycles. The zero-order chi connectivity index (χ0) is 15.0. The molecule has 0 saturated heterocycles. The van der Waals surface area contributed by atoms with Crippen LogP contribution < -0.4 is 0 Å². The Morgan fingerprint density at radius 1 is 1.19 bits per heavy atom. The minimum absolute atomic E-state index is 0.114. The molecule has 0 saturated carbocycles. The molecule has 1 aliphatic rings. The number of aromatic hydroxyl groups is 1. The van der Waals surface area contributed by atoms with Crippen LogP contribution in [0.5, 0.6) is 5.75 Å². The number of hydrogen-bond donors (Lipinski definition) is 2. The van der Waals surface area contributed by atoms with Crippen molar-refractivity contribution in [2.24, 2.45) is 0 Å². The van der Waals surface area contributed by atoms with Crippen molar-refractivity contribution < 1.29 is 15.0 Å². The molecule has 2 N–H and O–H groups in total. The lowest BCUT2D eigenvalue weighted by molar-refractivity contribution is 0.0694. The number of carboxylic acid groups (broad SMARTS) is 1. The van der Waals surface area contributed by atoms with E-state index in [4.69, 9.17) is 11.7 Å². The molecule has 0 radical (unpaired) electrons. The van der Waals surface area contributed by atoms with Crippen molar-refractivity contribution in [1.82, 2.24) is 0 Å². The molecular formula is C17H13NO3. The van der Waals surface area contributed by atoms with E-state index in [1.165, 1.54) is 23.3 Å². The monoisotopic (exact) mass is 279 g/mol. The maximum absolute atomic E-state index is 11.0. The third-order valence-electron chi connectivity index (χ3n) is 3.87. The Morgan fingerprint density at radius 3 is 2.67 bits per heavy atom. The van der Waals surface area contributed by atoms with E-state index in [-0.39, 0.29) is 11.3 Å². The van der Waals surface area contributed by atoms with E-state index in [9.17, 15) is 9.90 Å². The second-order valence-corrected chi connectivity index (χ2v) is 5.13. The fourth-order valence-corrected chi connectivity index (χ4v) is 2.89. The van der Waals surface area contributed by atoms with Crippen molar-refractivity contribution in [2.75, 3.05) is 0 Å². The lowest BCUT2D eigenvalue weighted by Crippen LogP contribution is -1.97. The van der Waals surface area contributed by atoms with Crippen LogP contribution >= 0.6 is 0 Å². The van der Waals surface area contributed by atoms with Crippen LogP contribution in [0, 0.1) is 6.57 Å². The molecule has 1 aliphatic carbocycles. The van der Waals surface area contributed by atoms with Crippen molar-refractivity contribution in [2.45, 2.75) is 19.3 Å². The number of nitrogens with zero attached hydrogens (tertiary/aromatic N) is 1. The Morgan fingerprint density at radius 2 is 2.00 bits per heavy atom. The third-order valence-corrected chi connectivity index (χ3v) is 3.87. The van der Waals surface area contributed by atoms with Crippen molar-refractivity contribution >= 4 is 11.7 Å². The highest BCUT2D eigenvalue weighted by atomic mass is 16.4. The molecule has 3 rings (SSSR count). The number of aromatic carboxylic acids is 1. The van der Waals surface area contributed by atoms with E-state index < -0.39 is 5.97 Å². The van der Waals surface area contributed by atoms with Crippen LogP contribution in [-0.2, 0) is 12.8 Å². The van der Waals surface area contributed by atoms with Gasteiger partial charge in [-0.15, -0.1) is 0 Å². The summed E-state index contributed by atoms with van der Waals surface area (Å²) in [5.41, 5.74) is 4.51. The standard InChI is InChI=1S/C17H13NO3/c1-18-12-7-10-3-2-4-13(10)15(9-12)11-5-6-14(17(20)21)16(19)8-11/h5-9,19H,2-4H2,(H,20,21). The molecule has 2 aromatic rings. The van der Waals surface area contributed by atoms with Gasteiger partial charge < -0.3 is 10.2 Å². The number of aryl methyl sites for hydroxylation is 1. The first kappa shape index (κ1) is 13.2. The predicted molar refractivity (Wildman–Crippen MR) is 78.8 cm³/mol. The van der Waals surface area contributed by atoms with Crippen molar-refractivity contribution in [1.29, 1.82) is 0 Å². The van der Waals surface area contributed by atoms with Gasteiger partial charge in [0.1, 0.15) is 11.3 Å². The summed E-state index contributed by atoms with van der Waals surface area (Å²) in [5, 5.41) is 18.8. The quantitative estimate of drug-likeness (QED) is 0.822. The lowest BCUT2D eigenvalue weighted by atomic mass is 9.95. The van der Waals surface area contributed by atoms with Gasteiger partial charge in [-0.3, -0.25) is 0 Å². The van der Waals surface area contributed by atoms with Gasteiger partial charge >= 0.3 is 5.97 Å². The zero-order valence-electron chi connectivity index (χ0n) is 11.3. The second kappa shape index (κ2) is 4.95. The van der Waals surface area contributed by atoms with Crippen molar-refractivity contribution in [3.63, 3.8) is 0 Å². The number of benzene rings is 2. The average Bonchev–Trinajstić information content (AvgIpc) is 2.93. The number of phenols is 1. The summed E-state index contributed by atoms with van der Waals surface area (Å²) in [6.07, 6.45) is 2.97. The van der Waals surface area contributed by atoms with Gasteiger partial charge in [0, 0.05) is 0 Å². The first-order valence-electron chi connectivity index (χ1n) is 6.70. The van der Waals surface area contributed by atoms with Crippen LogP contribution in [0.1, 0.15) is 27.9 Å². The number of carbonyl (C=O) groups is 1. The van der Waals surface area contributed by atoms with Gasteiger partial charge in [0.25, 0.3) is 0 Å². The minimum Gasteiger partial charge on any atom is -0.507 e. The Balaban J connectivity index is 2.17. The number of carboxylic acids is 1. The zero-order valence-corrected chi connectivity index (χ0v) is 11.3.